The van der Waals surface area contributed by atoms with E-state index in [2.05, 4.69) is 4.98 Å². The van der Waals surface area contributed by atoms with Gasteiger partial charge in [0.15, 0.2) is 0 Å². The van der Waals surface area contributed by atoms with Crippen LogP contribution in [0.1, 0.15) is 15.9 Å². The number of pyridine rings is 1. The zero-order valence-corrected chi connectivity index (χ0v) is 13.9. The Labute approximate surface area is 155 Å². The number of ether oxygens (including phenoxy) is 1. The Bertz CT molecular complexity index is 1050. The molecule has 0 radical (unpaired) electrons. The molecule has 0 aliphatic rings. The monoisotopic (exact) mass is 394 g/mol. The van der Waals surface area contributed by atoms with Gasteiger partial charge < -0.3 is 10.5 Å². The van der Waals surface area contributed by atoms with E-state index in [0.29, 0.717) is 6.07 Å². The smallest absolute Gasteiger partial charge is 0.416 e. The summed E-state index contributed by atoms with van der Waals surface area (Å²) in [4.78, 5) is 15.8. The number of hydrogen-bond acceptors (Lipinski definition) is 3. The molecule has 0 aliphatic heterocycles. The zero-order valence-electron chi connectivity index (χ0n) is 13.9. The van der Waals surface area contributed by atoms with E-state index >= 15 is 0 Å². The summed E-state index contributed by atoms with van der Waals surface area (Å²) in [6.45, 7) is 0. The Morgan fingerprint density at radius 2 is 1.75 bits per heavy atom. The third kappa shape index (κ3) is 3.93. The summed E-state index contributed by atoms with van der Waals surface area (Å²) in [5.74, 6) is -3.49. The molecule has 2 aromatic carbocycles. The lowest BCUT2D eigenvalue weighted by Gasteiger charge is -2.14. The molecule has 1 amide bonds. The number of nitrogens with two attached hydrogens (primary N) is 1. The predicted molar refractivity (Wildman–Crippen MR) is 89.6 cm³/mol. The number of carbonyl (C=O) groups excluding carboxylic acids is 1. The average molecular weight is 394 g/mol. The summed E-state index contributed by atoms with van der Waals surface area (Å²) in [5.41, 5.74) is 3.84. The highest BCUT2D eigenvalue weighted by Gasteiger charge is 2.31. The highest BCUT2D eigenvalue weighted by molar-refractivity contribution is 6.02. The molecule has 4 nitrogen and oxygen atoms in total. The van der Waals surface area contributed by atoms with Crippen molar-refractivity contribution in [2.24, 2.45) is 5.73 Å². The Hall–Kier alpha value is -3.49. The molecule has 2 N–H and O–H groups in total. The summed E-state index contributed by atoms with van der Waals surface area (Å²) in [6, 6.07) is 7.87. The fourth-order valence-electron chi connectivity index (χ4n) is 2.54. The molecule has 1 heterocycles. The van der Waals surface area contributed by atoms with E-state index in [9.17, 15) is 26.7 Å². The topological polar surface area (TPSA) is 65.2 Å². The number of carbonyl (C=O) groups is 1. The second kappa shape index (κ2) is 7.26. The molecule has 3 rings (SSSR count). The molecular formula is C19H11F5N2O2. The number of alkyl halides is 3. The van der Waals surface area contributed by atoms with Gasteiger partial charge in [0.05, 0.1) is 5.56 Å². The van der Waals surface area contributed by atoms with Crippen molar-refractivity contribution in [2.75, 3.05) is 0 Å². The van der Waals surface area contributed by atoms with Crippen molar-refractivity contribution in [3.63, 3.8) is 0 Å². The second-order valence-corrected chi connectivity index (χ2v) is 5.65. The molecule has 9 heteroatoms. The first-order valence-corrected chi connectivity index (χ1v) is 7.76. The van der Waals surface area contributed by atoms with Crippen molar-refractivity contribution in [1.82, 2.24) is 4.98 Å². The van der Waals surface area contributed by atoms with Crippen molar-refractivity contribution in [3.05, 3.63) is 77.5 Å². The van der Waals surface area contributed by atoms with Gasteiger partial charge in [0.1, 0.15) is 22.9 Å². The third-order valence-electron chi connectivity index (χ3n) is 3.76. The van der Waals surface area contributed by atoms with Crippen molar-refractivity contribution in [3.8, 4) is 22.8 Å². The predicted octanol–water partition coefficient (Wildman–Crippen LogP) is 4.94. The first-order chi connectivity index (χ1) is 13.2. The standard InChI is InChI=1S/C19H11F5N2O2/c20-11-4-5-13(15(21)9-11)14-6-7-26-18(16(14)17(25)27)28-12-3-1-2-10(8-12)19(22,23)24/h1-9H,(H2,25,27). The molecule has 0 aliphatic carbocycles. The SMILES string of the molecule is NC(=O)c1c(-c2ccc(F)cc2F)ccnc1Oc1cccc(C(F)(F)F)c1. The minimum absolute atomic E-state index is 0.0398. The van der Waals surface area contributed by atoms with Crippen LogP contribution in [0.3, 0.4) is 0 Å². The molecule has 1 aromatic heterocycles. The van der Waals surface area contributed by atoms with Crippen molar-refractivity contribution in [1.29, 1.82) is 0 Å². The van der Waals surface area contributed by atoms with Crippen LogP contribution in [-0.2, 0) is 6.18 Å². The number of amides is 1. The molecule has 0 atom stereocenters. The molecule has 0 spiro atoms. The van der Waals surface area contributed by atoms with Crippen LogP contribution in [0.25, 0.3) is 11.1 Å². The van der Waals surface area contributed by atoms with Crippen LogP contribution in [0, 0.1) is 11.6 Å². The second-order valence-electron chi connectivity index (χ2n) is 5.65. The van der Waals surface area contributed by atoms with Gasteiger partial charge in [-0.05, 0) is 36.4 Å². The molecule has 0 saturated carbocycles. The van der Waals surface area contributed by atoms with Crippen LogP contribution in [0.4, 0.5) is 22.0 Å². The minimum atomic E-state index is -4.60. The summed E-state index contributed by atoms with van der Waals surface area (Å²) >= 11 is 0. The molecular weight excluding hydrogens is 383 g/mol. The maximum absolute atomic E-state index is 14.1. The van der Waals surface area contributed by atoms with Crippen LogP contribution in [-0.4, -0.2) is 10.9 Å². The van der Waals surface area contributed by atoms with Gasteiger partial charge in [-0.1, -0.05) is 6.07 Å². The Kier molecular flexibility index (Phi) is 5.00. The highest BCUT2D eigenvalue weighted by Crippen LogP contribution is 2.35. The van der Waals surface area contributed by atoms with Crippen LogP contribution in [0.2, 0.25) is 0 Å². The van der Waals surface area contributed by atoms with Gasteiger partial charge in [-0.2, -0.15) is 13.2 Å². The number of benzene rings is 2. The van der Waals surface area contributed by atoms with E-state index in [4.69, 9.17) is 10.5 Å². The molecule has 3 aromatic rings. The summed E-state index contributed by atoms with van der Waals surface area (Å²) in [6.07, 6.45) is -3.44. The molecule has 144 valence electrons. The molecule has 28 heavy (non-hydrogen) atoms. The van der Waals surface area contributed by atoms with Crippen LogP contribution in [0.5, 0.6) is 11.6 Å². The number of halogens is 5. The van der Waals surface area contributed by atoms with E-state index in [-0.39, 0.29) is 22.4 Å². The number of hydrogen-bond donors (Lipinski definition) is 1. The van der Waals surface area contributed by atoms with Gasteiger partial charge in [-0.3, -0.25) is 4.79 Å². The van der Waals surface area contributed by atoms with Crippen molar-refractivity contribution < 1.29 is 31.5 Å². The lowest BCUT2D eigenvalue weighted by molar-refractivity contribution is -0.137. The van der Waals surface area contributed by atoms with E-state index in [1.54, 1.807) is 0 Å². The lowest BCUT2D eigenvalue weighted by Crippen LogP contribution is -2.15. The minimum Gasteiger partial charge on any atom is -0.438 e. The van der Waals surface area contributed by atoms with E-state index in [0.717, 1.165) is 36.5 Å². The number of nitrogens with zero attached hydrogens (tertiary/aromatic N) is 1. The number of aromatic nitrogens is 1. The van der Waals surface area contributed by atoms with Gasteiger partial charge in [-0.25, -0.2) is 13.8 Å². The largest absolute Gasteiger partial charge is 0.438 e. The van der Waals surface area contributed by atoms with Gasteiger partial charge in [0, 0.05) is 23.4 Å². The van der Waals surface area contributed by atoms with E-state index in [1.165, 1.54) is 12.1 Å². The van der Waals surface area contributed by atoms with Gasteiger partial charge in [-0.15, -0.1) is 0 Å². The third-order valence-corrected chi connectivity index (χ3v) is 3.76. The van der Waals surface area contributed by atoms with Crippen LogP contribution < -0.4 is 10.5 Å². The quantitative estimate of drug-likeness (QED) is 0.638. The summed E-state index contributed by atoms with van der Waals surface area (Å²) in [7, 11) is 0. The lowest BCUT2D eigenvalue weighted by atomic mass is 10.00. The van der Waals surface area contributed by atoms with Crippen molar-refractivity contribution >= 4 is 5.91 Å². The highest BCUT2D eigenvalue weighted by atomic mass is 19.4. The zero-order chi connectivity index (χ0) is 20.5. The maximum atomic E-state index is 14.1. The average Bonchev–Trinajstić information content (AvgIpc) is 2.61. The van der Waals surface area contributed by atoms with E-state index in [1.807, 2.05) is 0 Å². The summed E-state index contributed by atoms with van der Waals surface area (Å²) in [5, 5.41) is 0. The molecule has 0 bridgehead atoms. The number of primary amides is 1. The normalized spacial score (nSPS) is 11.3. The summed E-state index contributed by atoms with van der Waals surface area (Å²) < 4.78 is 71.2. The first kappa shape index (κ1) is 19.3. The molecule has 0 saturated heterocycles. The Morgan fingerprint density at radius 3 is 2.39 bits per heavy atom. The van der Waals surface area contributed by atoms with Crippen molar-refractivity contribution in [2.45, 2.75) is 6.18 Å². The van der Waals surface area contributed by atoms with Crippen LogP contribution >= 0.6 is 0 Å². The van der Waals surface area contributed by atoms with Crippen LogP contribution in [0.15, 0.2) is 54.7 Å². The molecule has 0 unspecified atom stereocenters. The first-order valence-electron chi connectivity index (χ1n) is 7.76. The Balaban J connectivity index is 2.09. The maximum Gasteiger partial charge on any atom is 0.416 e. The van der Waals surface area contributed by atoms with Gasteiger partial charge in [0.2, 0.25) is 5.88 Å². The number of rotatable bonds is 4. The molecule has 0 fully saturated rings. The van der Waals surface area contributed by atoms with E-state index < -0.39 is 35.2 Å². The fourth-order valence-corrected chi connectivity index (χ4v) is 2.54. The van der Waals surface area contributed by atoms with Gasteiger partial charge in [0.25, 0.3) is 5.91 Å². The van der Waals surface area contributed by atoms with Gasteiger partial charge >= 0.3 is 6.18 Å². The Morgan fingerprint density at radius 1 is 1.00 bits per heavy atom. The fraction of sp³-hybridized carbons (Fsp3) is 0.0526.